The number of nitrogens with one attached hydrogen (secondary N) is 1. The Bertz CT molecular complexity index is 599. The SMILES string of the molecule is CC(C)c1[nH]c(=O)n(-c2cccc(Cl)c2)c1O. The molecule has 2 N–H and O–H groups in total. The third-order valence-corrected chi connectivity index (χ3v) is 2.78. The minimum Gasteiger partial charge on any atom is -0.493 e. The second kappa shape index (κ2) is 4.30. The molecule has 0 radical (unpaired) electrons. The van der Waals surface area contributed by atoms with Crippen LogP contribution in [-0.4, -0.2) is 14.7 Å². The van der Waals surface area contributed by atoms with E-state index in [4.69, 9.17) is 11.6 Å². The number of aromatic amines is 1. The van der Waals surface area contributed by atoms with E-state index in [1.54, 1.807) is 24.3 Å². The van der Waals surface area contributed by atoms with Crippen molar-refractivity contribution in [1.29, 1.82) is 0 Å². The van der Waals surface area contributed by atoms with Crippen LogP contribution in [0.2, 0.25) is 5.02 Å². The van der Waals surface area contributed by atoms with Gasteiger partial charge in [-0.3, -0.25) is 0 Å². The monoisotopic (exact) mass is 252 g/mol. The van der Waals surface area contributed by atoms with Crippen molar-refractivity contribution in [2.24, 2.45) is 0 Å². The number of H-pyrrole nitrogens is 1. The summed E-state index contributed by atoms with van der Waals surface area (Å²) in [5.41, 5.74) is 0.701. The van der Waals surface area contributed by atoms with Gasteiger partial charge in [-0.2, -0.15) is 0 Å². The van der Waals surface area contributed by atoms with E-state index in [1.807, 2.05) is 13.8 Å². The fraction of sp³-hybridized carbons (Fsp3) is 0.250. The standard InChI is InChI=1S/C12H13ClN2O2/c1-7(2)10-11(16)15(12(17)14-10)9-5-3-4-8(13)6-9/h3-7,16H,1-2H3,(H,14,17). The highest BCUT2D eigenvalue weighted by molar-refractivity contribution is 6.30. The molecular formula is C12H13ClN2O2. The molecule has 1 aromatic carbocycles. The van der Waals surface area contributed by atoms with Crippen molar-refractivity contribution in [3.8, 4) is 11.6 Å². The molecule has 0 spiro atoms. The van der Waals surface area contributed by atoms with Gasteiger partial charge in [0.1, 0.15) is 0 Å². The summed E-state index contributed by atoms with van der Waals surface area (Å²) in [5, 5.41) is 10.5. The summed E-state index contributed by atoms with van der Waals surface area (Å²) >= 11 is 5.86. The largest absolute Gasteiger partial charge is 0.493 e. The summed E-state index contributed by atoms with van der Waals surface area (Å²) in [6, 6.07) is 6.78. The maximum atomic E-state index is 11.8. The quantitative estimate of drug-likeness (QED) is 0.863. The zero-order valence-corrected chi connectivity index (χ0v) is 10.3. The summed E-state index contributed by atoms with van der Waals surface area (Å²) in [4.78, 5) is 14.4. The molecule has 0 aliphatic carbocycles. The fourth-order valence-electron chi connectivity index (χ4n) is 1.70. The van der Waals surface area contributed by atoms with Gasteiger partial charge < -0.3 is 10.1 Å². The van der Waals surface area contributed by atoms with Crippen molar-refractivity contribution in [3.63, 3.8) is 0 Å². The molecule has 4 nitrogen and oxygen atoms in total. The molecule has 0 aliphatic rings. The average Bonchev–Trinajstić information content (AvgIpc) is 2.54. The number of hydrogen-bond donors (Lipinski definition) is 2. The maximum Gasteiger partial charge on any atom is 0.333 e. The fourth-order valence-corrected chi connectivity index (χ4v) is 1.89. The predicted octanol–water partition coefficient (Wildman–Crippen LogP) is 2.65. The first-order chi connectivity index (χ1) is 8.00. The number of aromatic nitrogens is 2. The van der Waals surface area contributed by atoms with Gasteiger partial charge in [-0.15, -0.1) is 0 Å². The molecule has 0 aliphatic heterocycles. The summed E-state index contributed by atoms with van der Waals surface area (Å²) in [5.74, 6) is -0.0181. The third-order valence-electron chi connectivity index (χ3n) is 2.54. The molecule has 17 heavy (non-hydrogen) atoms. The van der Waals surface area contributed by atoms with Gasteiger partial charge in [-0.05, 0) is 24.1 Å². The molecule has 1 aromatic heterocycles. The molecule has 0 amide bonds. The van der Waals surface area contributed by atoms with Gasteiger partial charge in [-0.25, -0.2) is 9.36 Å². The van der Waals surface area contributed by atoms with Crippen LogP contribution in [0.3, 0.4) is 0 Å². The molecule has 0 fully saturated rings. The first kappa shape index (κ1) is 11.8. The lowest BCUT2D eigenvalue weighted by atomic mass is 10.1. The van der Waals surface area contributed by atoms with Crippen molar-refractivity contribution in [2.75, 3.05) is 0 Å². The average molecular weight is 253 g/mol. The van der Waals surface area contributed by atoms with Crippen molar-refractivity contribution in [3.05, 3.63) is 45.5 Å². The van der Waals surface area contributed by atoms with Crippen LogP contribution in [0, 0.1) is 0 Å². The van der Waals surface area contributed by atoms with E-state index in [9.17, 15) is 9.90 Å². The van der Waals surface area contributed by atoms with Gasteiger partial charge >= 0.3 is 5.69 Å². The molecule has 90 valence electrons. The van der Waals surface area contributed by atoms with E-state index < -0.39 is 0 Å². The Kier molecular flexibility index (Phi) is 2.98. The summed E-state index contributed by atoms with van der Waals surface area (Å²) in [6.45, 7) is 3.79. The lowest BCUT2D eigenvalue weighted by molar-refractivity contribution is 0.431. The second-order valence-corrected chi connectivity index (χ2v) is 4.57. The number of aromatic hydroxyl groups is 1. The van der Waals surface area contributed by atoms with Crippen LogP contribution < -0.4 is 5.69 Å². The van der Waals surface area contributed by atoms with Crippen LogP contribution >= 0.6 is 11.6 Å². The molecule has 0 unspecified atom stereocenters. The molecule has 2 aromatic rings. The number of nitrogens with zero attached hydrogens (tertiary/aromatic N) is 1. The highest BCUT2D eigenvalue weighted by Crippen LogP contribution is 2.25. The van der Waals surface area contributed by atoms with Crippen molar-refractivity contribution in [1.82, 2.24) is 9.55 Å². The van der Waals surface area contributed by atoms with Gasteiger partial charge in [0.05, 0.1) is 11.4 Å². The Morgan fingerprint density at radius 3 is 2.65 bits per heavy atom. The third kappa shape index (κ3) is 2.08. The van der Waals surface area contributed by atoms with Crippen LogP contribution in [0.5, 0.6) is 5.88 Å². The molecule has 0 bridgehead atoms. The minimum absolute atomic E-state index is 0.0446. The van der Waals surface area contributed by atoms with Crippen LogP contribution in [0.15, 0.2) is 29.1 Å². The second-order valence-electron chi connectivity index (χ2n) is 4.14. The Labute approximate surface area is 103 Å². The topological polar surface area (TPSA) is 58.0 Å². The van der Waals surface area contributed by atoms with E-state index in [0.29, 0.717) is 16.4 Å². The Morgan fingerprint density at radius 2 is 2.12 bits per heavy atom. The number of hydrogen-bond acceptors (Lipinski definition) is 2. The number of imidazole rings is 1. The van der Waals surface area contributed by atoms with Crippen molar-refractivity contribution >= 4 is 11.6 Å². The van der Waals surface area contributed by atoms with E-state index in [1.165, 1.54) is 4.57 Å². The van der Waals surface area contributed by atoms with Gasteiger partial charge in [0.25, 0.3) is 0 Å². The van der Waals surface area contributed by atoms with E-state index in [-0.39, 0.29) is 17.5 Å². The zero-order valence-electron chi connectivity index (χ0n) is 9.57. The molecule has 0 saturated heterocycles. The van der Waals surface area contributed by atoms with Crippen LogP contribution in [0.1, 0.15) is 25.5 Å². The molecule has 1 heterocycles. The van der Waals surface area contributed by atoms with Gasteiger partial charge in [0.15, 0.2) is 0 Å². The maximum absolute atomic E-state index is 11.8. The smallest absolute Gasteiger partial charge is 0.333 e. The first-order valence-corrected chi connectivity index (χ1v) is 5.68. The lowest BCUT2D eigenvalue weighted by Gasteiger charge is -2.05. The zero-order chi connectivity index (χ0) is 12.6. The summed E-state index contributed by atoms with van der Waals surface area (Å²) in [6.07, 6.45) is 0. The minimum atomic E-state index is -0.367. The summed E-state index contributed by atoms with van der Waals surface area (Å²) < 4.78 is 1.21. The summed E-state index contributed by atoms with van der Waals surface area (Å²) in [7, 11) is 0. The molecule has 2 rings (SSSR count). The van der Waals surface area contributed by atoms with Crippen LogP contribution in [-0.2, 0) is 0 Å². The van der Waals surface area contributed by atoms with E-state index in [2.05, 4.69) is 4.98 Å². The van der Waals surface area contributed by atoms with E-state index in [0.717, 1.165) is 0 Å². The predicted molar refractivity (Wildman–Crippen MR) is 67.2 cm³/mol. The van der Waals surface area contributed by atoms with Crippen LogP contribution in [0.25, 0.3) is 5.69 Å². The normalized spacial score (nSPS) is 11.1. The van der Waals surface area contributed by atoms with Crippen LogP contribution in [0.4, 0.5) is 0 Å². The number of halogens is 1. The van der Waals surface area contributed by atoms with E-state index >= 15 is 0 Å². The van der Waals surface area contributed by atoms with Crippen molar-refractivity contribution < 1.29 is 5.11 Å². The number of benzene rings is 1. The Morgan fingerprint density at radius 1 is 1.41 bits per heavy atom. The Balaban J connectivity index is 2.64. The lowest BCUT2D eigenvalue weighted by Crippen LogP contribution is -2.14. The first-order valence-electron chi connectivity index (χ1n) is 5.30. The van der Waals surface area contributed by atoms with Gasteiger partial charge in [0.2, 0.25) is 5.88 Å². The number of rotatable bonds is 2. The molecular weight excluding hydrogens is 240 g/mol. The molecule has 5 heteroatoms. The molecule has 0 atom stereocenters. The van der Waals surface area contributed by atoms with Crippen molar-refractivity contribution in [2.45, 2.75) is 19.8 Å². The highest BCUT2D eigenvalue weighted by Gasteiger charge is 2.16. The van der Waals surface area contributed by atoms with Gasteiger partial charge in [-0.1, -0.05) is 31.5 Å². The Hall–Kier alpha value is -1.68. The van der Waals surface area contributed by atoms with Gasteiger partial charge in [0, 0.05) is 5.02 Å². The molecule has 0 saturated carbocycles. The highest BCUT2D eigenvalue weighted by atomic mass is 35.5.